The molecule has 0 fully saturated rings. The van der Waals surface area contributed by atoms with Gasteiger partial charge in [-0.05, 0) is 25.5 Å². The Kier molecular flexibility index (Phi) is 5.56. The third-order valence-corrected chi connectivity index (χ3v) is 3.67. The largest absolute Gasteiger partial charge is 0.385 e. The SMILES string of the molecule is CCNC(CCCOC)Cc1nn(C)c2ccccc12. The topological polar surface area (TPSA) is 39.1 Å². The molecule has 0 aliphatic heterocycles. The van der Waals surface area contributed by atoms with Crippen LogP contribution in [0.25, 0.3) is 10.9 Å². The Bertz CT molecular complexity index is 536. The maximum Gasteiger partial charge on any atom is 0.0718 e. The number of para-hydroxylation sites is 1. The minimum Gasteiger partial charge on any atom is -0.385 e. The summed E-state index contributed by atoms with van der Waals surface area (Å²) in [6.45, 7) is 3.97. The van der Waals surface area contributed by atoms with E-state index in [2.05, 4.69) is 41.6 Å². The van der Waals surface area contributed by atoms with E-state index in [4.69, 9.17) is 4.74 Å². The number of fused-ring (bicyclic) bond motifs is 1. The molecule has 1 unspecified atom stereocenters. The molecule has 110 valence electrons. The highest BCUT2D eigenvalue weighted by molar-refractivity contribution is 5.81. The molecule has 1 aromatic heterocycles. The summed E-state index contributed by atoms with van der Waals surface area (Å²) >= 11 is 0. The number of nitrogens with one attached hydrogen (secondary N) is 1. The molecule has 0 aliphatic rings. The first-order valence-corrected chi connectivity index (χ1v) is 7.39. The molecule has 1 atom stereocenters. The van der Waals surface area contributed by atoms with Crippen molar-refractivity contribution in [2.24, 2.45) is 7.05 Å². The van der Waals surface area contributed by atoms with Gasteiger partial charge >= 0.3 is 0 Å². The zero-order valence-electron chi connectivity index (χ0n) is 12.7. The van der Waals surface area contributed by atoms with Crippen molar-refractivity contribution in [1.29, 1.82) is 0 Å². The second-order valence-electron chi connectivity index (χ2n) is 5.18. The smallest absolute Gasteiger partial charge is 0.0718 e. The predicted octanol–water partition coefficient (Wildman–Crippen LogP) is 2.52. The van der Waals surface area contributed by atoms with Crippen molar-refractivity contribution in [3.8, 4) is 0 Å². The minimum absolute atomic E-state index is 0.466. The molecule has 0 saturated heterocycles. The number of likely N-dealkylation sites (N-methyl/N-ethyl adjacent to an activating group) is 1. The molecule has 0 bridgehead atoms. The second-order valence-corrected chi connectivity index (χ2v) is 5.18. The van der Waals surface area contributed by atoms with Gasteiger partial charge in [0.05, 0.1) is 11.2 Å². The molecule has 0 saturated carbocycles. The number of aryl methyl sites for hydroxylation is 1. The van der Waals surface area contributed by atoms with Gasteiger partial charge in [-0.15, -0.1) is 0 Å². The van der Waals surface area contributed by atoms with Crippen LogP contribution in [-0.2, 0) is 18.2 Å². The number of hydrogen-bond acceptors (Lipinski definition) is 3. The van der Waals surface area contributed by atoms with E-state index in [0.717, 1.165) is 32.4 Å². The number of benzene rings is 1. The summed E-state index contributed by atoms with van der Waals surface area (Å²) in [5, 5.41) is 9.51. The number of methoxy groups -OCH3 is 1. The van der Waals surface area contributed by atoms with E-state index in [0.29, 0.717) is 6.04 Å². The molecule has 4 nitrogen and oxygen atoms in total. The Balaban J connectivity index is 2.11. The average molecular weight is 275 g/mol. The Morgan fingerprint density at radius 2 is 2.15 bits per heavy atom. The van der Waals surface area contributed by atoms with Gasteiger partial charge in [0.2, 0.25) is 0 Å². The fraction of sp³-hybridized carbons (Fsp3) is 0.562. The van der Waals surface area contributed by atoms with Crippen molar-refractivity contribution in [3.63, 3.8) is 0 Å². The van der Waals surface area contributed by atoms with E-state index < -0.39 is 0 Å². The molecule has 1 N–H and O–H groups in total. The molecule has 0 aliphatic carbocycles. The highest BCUT2D eigenvalue weighted by atomic mass is 16.5. The van der Waals surface area contributed by atoms with Crippen molar-refractivity contribution in [2.45, 2.75) is 32.2 Å². The summed E-state index contributed by atoms with van der Waals surface area (Å²) < 4.78 is 7.12. The lowest BCUT2D eigenvalue weighted by Gasteiger charge is -2.16. The molecule has 20 heavy (non-hydrogen) atoms. The van der Waals surface area contributed by atoms with Crippen LogP contribution in [0.3, 0.4) is 0 Å². The van der Waals surface area contributed by atoms with Crippen LogP contribution in [0.15, 0.2) is 24.3 Å². The second kappa shape index (κ2) is 7.41. The zero-order chi connectivity index (χ0) is 14.4. The summed E-state index contributed by atoms with van der Waals surface area (Å²) in [5.41, 5.74) is 2.39. The fourth-order valence-electron chi connectivity index (χ4n) is 2.71. The van der Waals surface area contributed by atoms with Crippen LogP contribution >= 0.6 is 0 Å². The zero-order valence-corrected chi connectivity index (χ0v) is 12.7. The third kappa shape index (κ3) is 3.58. The van der Waals surface area contributed by atoms with Crippen LogP contribution in [0.2, 0.25) is 0 Å². The Hall–Kier alpha value is -1.39. The van der Waals surface area contributed by atoms with Crippen LogP contribution in [0, 0.1) is 0 Å². The Morgan fingerprint density at radius 3 is 2.90 bits per heavy atom. The first kappa shape index (κ1) is 15.0. The predicted molar refractivity (Wildman–Crippen MR) is 83.0 cm³/mol. The molecule has 2 rings (SSSR count). The first-order chi connectivity index (χ1) is 9.76. The molecule has 0 amide bonds. The lowest BCUT2D eigenvalue weighted by Crippen LogP contribution is -2.31. The molecule has 1 heterocycles. The highest BCUT2D eigenvalue weighted by Crippen LogP contribution is 2.19. The van der Waals surface area contributed by atoms with E-state index in [1.54, 1.807) is 7.11 Å². The number of rotatable bonds is 8. The van der Waals surface area contributed by atoms with Crippen LogP contribution in [0.4, 0.5) is 0 Å². The molecule has 4 heteroatoms. The van der Waals surface area contributed by atoms with Crippen molar-refractivity contribution < 1.29 is 4.74 Å². The summed E-state index contributed by atoms with van der Waals surface area (Å²) in [6, 6.07) is 8.90. The lowest BCUT2D eigenvalue weighted by atomic mass is 10.0. The standard InChI is InChI=1S/C16H25N3O/c1-4-17-13(8-7-11-20-3)12-15-14-9-5-6-10-16(14)19(2)18-15/h5-6,9-10,13,17H,4,7-8,11-12H2,1-3H3. The average Bonchev–Trinajstić information content (AvgIpc) is 2.77. The molecule has 2 aromatic rings. The van der Waals surface area contributed by atoms with E-state index in [9.17, 15) is 0 Å². The van der Waals surface area contributed by atoms with Gasteiger partial charge in [0.1, 0.15) is 0 Å². The molecular formula is C16H25N3O. The first-order valence-electron chi connectivity index (χ1n) is 7.39. The summed E-state index contributed by atoms with van der Waals surface area (Å²) in [4.78, 5) is 0. The van der Waals surface area contributed by atoms with Crippen LogP contribution in [-0.4, -0.2) is 36.1 Å². The van der Waals surface area contributed by atoms with Crippen LogP contribution in [0.5, 0.6) is 0 Å². The van der Waals surface area contributed by atoms with Gasteiger partial charge < -0.3 is 10.1 Å². The van der Waals surface area contributed by atoms with Crippen molar-refractivity contribution in [1.82, 2.24) is 15.1 Å². The third-order valence-electron chi connectivity index (χ3n) is 3.67. The molecular weight excluding hydrogens is 250 g/mol. The maximum atomic E-state index is 5.15. The van der Waals surface area contributed by atoms with Crippen molar-refractivity contribution in [3.05, 3.63) is 30.0 Å². The summed E-state index contributed by atoms with van der Waals surface area (Å²) in [7, 11) is 3.77. The molecule has 0 spiro atoms. The van der Waals surface area contributed by atoms with E-state index in [-0.39, 0.29) is 0 Å². The van der Waals surface area contributed by atoms with Crippen molar-refractivity contribution in [2.75, 3.05) is 20.3 Å². The van der Waals surface area contributed by atoms with Gasteiger partial charge in [-0.25, -0.2) is 0 Å². The van der Waals surface area contributed by atoms with Gasteiger partial charge in [-0.1, -0.05) is 25.1 Å². The van der Waals surface area contributed by atoms with Gasteiger partial charge in [0.25, 0.3) is 0 Å². The highest BCUT2D eigenvalue weighted by Gasteiger charge is 2.14. The van der Waals surface area contributed by atoms with Crippen LogP contribution in [0.1, 0.15) is 25.5 Å². The van der Waals surface area contributed by atoms with Crippen LogP contribution < -0.4 is 5.32 Å². The van der Waals surface area contributed by atoms with Gasteiger partial charge in [0.15, 0.2) is 0 Å². The van der Waals surface area contributed by atoms with E-state index >= 15 is 0 Å². The summed E-state index contributed by atoms with van der Waals surface area (Å²) in [5.74, 6) is 0. The number of aromatic nitrogens is 2. The fourth-order valence-corrected chi connectivity index (χ4v) is 2.71. The van der Waals surface area contributed by atoms with Gasteiger partial charge in [0, 0.05) is 38.6 Å². The number of nitrogens with zero attached hydrogens (tertiary/aromatic N) is 2. The summed E-state index contributed by atoms with van der Waals surface area (Å²) in [6.07, 6.45) is 3.17. The maximum absolute atomic E-state index is 5.15. The van der Waals surface area contributed by atoms with Gasteiger partial charge in [-0.2, -0.15) is 5.10 Å². The van der Waals surface area contributed by atoms with E-state index in [1.807, 2.05) is 11.7 Å². The quantitative estimate of drug-likeness (QED) is 0.752. The lowest BCUT2D eigenvalue weighted by molar-refractivity contribution is 0.188. The normalized spacial score (nSPS) is 12.9. The van der Waals surface area contributed by atoms with E-state index in [1.165, 1.54) is 16.6 Å². The van der Waals surface area contributed by atoms with Gasteiger partial charge in [-0.3, -0.25) is 4.68 Å². The Morgan fingerprint density at radius 1 is 1.35 bits per heavy atom. The van der Waals surface area contributed by atoms with Crippen molar-refractivity contribution >= 4 is 10.9 Å². The molecule has 1 aromatic carbocycles. The minimum atomic E-state index is 0.466. The molecule has 0 radical (unpaired) electrons. The number of ether oxygens (including phenoxy) is 1. The Labute approximate surface area is 121 Å². The monoisotopic (exact) mass is 275 g/mol. The number of hydrogen-bond donors (Lipinski definition) is 1.